The van der Waals surface area contributed by atoms with Gasteiger partial charge in [-0.15, -0.1) is 11.7 Å². The minimum atomic E-state index is -0.657. The van der Waals surface area contributed by atoms with E-state index in [1.165, 1.54) is 7.11 Å². The number of carbonyl (C=O) groups is 1. The summed E-state index contributed by atoms with van der Waals surface area (Å²) in [7, 11) is 1.32. The lowest BCUT2D eigenvalue weighted by molar-refractivity contribution is -0.143. The van der Waals surface area contributed by atoms with Crippen LogP contribution in [0.2, 0.25) is 0 Å². The fourth-order valence-corrected chi connectivity index (χ4v) is 1.42. The smallest absolute Gasteiger partial charge is 0.329 e. The lowest BCUT2D eigenvalue weighted by Gasteiger charge is -2.12. The summed E-state index contributed by atoms with van der Waals surface area (Å²) < 4.78 is 6.28. The van der Waals surface area contributed by atoms with Crippen LogP contribution in [0.3, 0.4) is 0 Å². The number of nitrogens with zero attached hydrogens (tertiary/aromatic N) is 3. The van der Waals surface area contributed by atoms with Crippen molar-refractivity contribution in [2.75, 3.05) is 20.3 Å². The second-order valence-corrected chi connectivity index (χ2v) is 3.64. The summed E-state index contributed by atoms with van der Waals surface area (Å²) in [5, 5.41) is 19.5. The van der Waals surface area contributed by atoms with Crippen molar-refractivity contribution in [2.45, 2.75) is 19.0 Å². The highest BCUT2D eigenvalue weighted by molar-refractivity contribution is 5.76. The Balaban J connectivity index is 2.74. The maximum absolute atomic E-state index is 11.6. The van der Waals surface area contributed by atoms with Gasteiger partial charge in [0.2, 0.25) is 0 Å². The van der Waals surface area contributed by atoms with Gasteiger partial charge in [-0.3, -0.25) is 10.00 Å². The Kier molecular flexibility index (Phi) is 6.03. The van der Waals surface area contributed by atoms with Crippen molar-refractivity contribution in [3.63, 3.8) is 0 Å². The van der Waals surface area contributed by atoms with E-state index in [2.05, 4.69) is 22.2 Å². The first-order valence-corrected chi connectivity index (χ1v) is 5.66. The second kappa shape index (κ2) is 7.57. The Morgan fingerprint density at radius 2 is 2.56 bits per heavy atom. The number of ether oxygens (including phenoxy) is 1. The maximum atomic E-state index is 11.6. The molecule has 2 N–H and O–H groups in total. The summed E-state index contributed by atoms with van der Waals surface area (Å²) >= 11 is 0. The zero-order chi connectivity index (χ0) is 13.4. The molecule has 0 bridgehead atoms. The monoisotopic (exact) mass is 254 g/mol. The minimum absolute atomic E-state index is 0.0876. The van der Waals surface area contributed by atoms with E-state index in [9.17, 15) is 4.79 Å². The molecule has 0 spiro atoms. The lowest BCUT2D eigenvalue weighted by atomic mass is 10.2. The van der Waals surface area contributed by atoms with Crippen LogP contribution in [-0.4, -0.2) is 46.3 Å². The molecule has 0 amide bonds. The fourth-order valence-electron chi connectivity index (χ4n) is 1.42. The van der Waals surface area contributed by atoms with Crippen LogP contribution in [0.4, 0.5) is 0 Å². The van der Waals surface area contributed by atoms with E-state index in [-0.39, 0.29) is 6.61 Å². The van der Waals surface area contributed by atoms with Gasteiger partial charge in [-0.05, 0) is 6.42 Å². The topological polar surface area (TPSA) is 89.3 Å². The molecule has 1 heterocycles. The van der Waals surface area contributed by atoms with Crippen molar-refractivity contribution in [3.8, 4) is 0 Å². The minimum Gasteiger partial charge on any atom is -0.468 e. The van der Waals surface area contributed by atoms with Gasteiger partial charge in [0.15, 0.2) is 6.04 Å². The first kappa shape index (κ1) is 14.3. The van der Waals surface area contributed by atoms with Crippen molar-refractivity contribution in [3.05, 3.63) is 24.5 Å². The summed E-state index contributed by atoms with van der Waals surface area (Å²) in [5.74, 6) is -0.425. The highest BCUT2D eigenvalue weighted by Gasteiger charge is 2.23. The average Bonchev–Trinajstić information content (AvgIpc) is 2.85. The molecule has 0 saturated heterocycles. The molecule has 7 heteroatoms. The molecule has 1 atom stereocenters. The number of aliphatic hydroxyl groups is 1. The predicted octanol–water partition coefficient (Wildman–Crippen LogP) is -0.350. The van der Waals surface area contributed by atoms with Gasteiger partial charge in [-0.25, -0.2) is 4.79 Å². The molecule has 1 unspecified atom stereocenters. The molecule has 0 radical (unpaired) electrons. The second-order valence-electron chi connectivity index (χ2n) is 3.64. The normalized spacial score (nSPS) is 12.1. The molecule has 100 valence electrons. The van der Waals surface area contributed by atoms with Crippen molar-refractivity contribution >= 4 is 5.97 Å². The first-order chi connectivity index (χ1) is 8.72. The van der Waals surface area contributed by atoms with Gasteiger partial charge >= 0.3 is 5.97 Å². The number of carbonyl (C=O) groups excluding carboxylic acids is 1. The molecule has 0 fully saturated rings. The van der Waals surface area contributed by atoms with Crippen molar-refractivity contribution in [1.82, 2.24) is 20.3 Å². The number of hydrogen-bond acceptors (Lipinski definition) is 6. The van der Waals surface area contributed by atoms with Crippen LogP contribution in [0, 0.1) is 0 Å². The van der Waals surface area contributed by atoms with E-state index in [0.717, 1.165) is 0 Å². The summed E-state index contributed by atoms with van der Waals surface area (Å²) in [4.78, 5) is 11.6. The number of esters is 1. The van der Waals surface area contributed by atoms with E-state index in [0.29, 0.717) is 25.2 Å². The van der Waals surface area contributed by atoms with Gasteiger partial charge < -0.3 is 9.84 Å². The Bertz CT molecular complexity index is 391. The molecule has 0 saturated carbocycles. The molecular formula is C11H18N4O3. The van der Waals surface area contributed by atoms with Gasteiger partial charge in [0.1, 0.15) is 5.69 Å². The van der Waals surface area contributed by atoms with Crippen molar-refractivity contribution < 1.29 is 14.6 Å². The van der Waals surface area contributed by atoms with Crippen LogP contribution in [0.1, 0.15) is 18.2 Å². The zero-order valence-electron chi connectivity index (χ0n) is 10.4. The average molecular weight is 254 g/mol. The SMILES string of the molecule is C=CCNC(C(=O)OC)c1cn(CCCO)nn1. The van der Waals surface area contributed by atoms with Crippen LogP contribution < -0.4 is 5.32 Å². The number of aliphatic hydroxyl groups excluding tert-OH is 1. The number of rotatable bonds is 8. The number of nitrogens with one attached hydrogen (secondary N) is 1. The molecule has 18 heavy (non-hydrogen) atoms. The van der Waals surface area contributed by atoms with E-state index in [4.69, 9.17) is 9.84 Å². The predicted molar refractivity (Wildman–Crippen MR) is 64.7 cm³/mol. The quantitative estimate of drug-likeness (QED) is 0.487. The van der Waals surface area contributed by atoms with Crippen molar-refractivity contribution in [1.29, 1.82) is 0 Å². The largest absolute Gasteiger partial charge is 0.468 e. The Hall–Kier alpha value is -1.73. The number of aromatic nitrogens is 3. The van der Waals surface area contributed by atoms with Crippen LogP contribution in [-0.2, 0) is 16.1 Å². The molecule has 0 aliphatic carbocycles. The third kappa shape index (κ3) is 3.94. The molecule has 1 aromatic rings. The third-order valence-electron chi connectivity index (χ3n) is 2.30. The summed E-state index contributed by atoms with van der Waals surface area (Å²) in [5.41, 5.74) is 0.488. The van der Waals surface area contributed by atoms with Gasteiger partial charge in [0.25, 0.3) is 0 Å². The van der Waals surface area contributed by atoms with Crippen LogP contribution in [0.25, 0.3) is 0 Å². The van der Waals surface area contributed by atoms with Gasteiger partial charge in [0.05, 0.1) is 13.3 Å². The van der Waals surface area contributed by atoms with Crippen molar-refractivity contribution in [2.24, 2.45) is 0 Å². The van der Waals surface area contributed by atoms with E-state index in [1.54, 1.807) is 17.0 Å². The molecular weight excluding hydrogens is 236 g/mol. The molecule has 0 aliphatic rings. The van der Waals surface area contributed by atoms with Crippen LogP contribution in [0.5, 0.6) is 0 Å². The Morgan fingerprint density at radius 3 is 3.17 bits per heavy atom. The van der Waals surface area contributed by atoms with Gasteiger partial charge in [0, 0.05) is 19.7 Å². The third-order valence-corrected chi connectivity index (χ3v) is 2.30. The highest BCUT2D eigenvalue weighted by Crippen LogP contribution is 2.11. The number of hydrogen-bond donors (Lipinski definition) is 2. The van der Waals surface area contributed by atoms with Gasteiger partial charge in [-0.2, -0.15) is 0 Å². The van der Waals surface area contributed by atoms with E-state index in [1.807, 2.05) is 0 Å². The molecule has 1 aromatic heterocycles. The molecule has 7 nitrogen and oxygen atoms in total. The Labute approximate surface area is 105 Å². The van der Waals surface area contributed by atoms with Crippen LogP contribution >= 0.6 is 0 Å². The summed E-state index contributed by atoms with van der Waals surface area (Å²) in [6.45, 7) is 4.68. The van der Waals surface area contributed by atoms with Gasteiger partial charge in [-0.1, -0.05) is 11.3 Å². The van der Waals surface area contributed by atoms with Crippen LogP contribution in [0.15, 0.2) is 18.9 Å². The van der Waals surface area contributed by atoms with E-state index >= 15 is 0 Å². The lowest BCUT2D eigenvalue weighted by Crippen LogP contribution is -2.30. The highest BCUT2D eigenvalue weighted by atomic mass is 16.5. The summed E-state index contributed by atoms with van der Waals surface area (Å²) in [6, 6.07) is -0.657. The zero-order valence-corrected chi connectivity index (χ0v) is 10.4. The standard InChI is InChI=1S/C11H18N4O3/c1-3-5-12-10(11(17)18-2)9-8-15(14-13-9)6-4-7-16/h3,8,10,12,16H,1,4-7H2,2H3. The fraction of sp³-hybridized carbons (Fsp3) is 0.545. The Morgan fingerprint density at radius 1 is 1.78 bits per heavy atom. The first-order valence-electron chi connectivity index (χ1n) is 5.66. The molecule has 1 rings (SSSR count). The number of methoxy groups -OCH3 is 1. The number of aryl methyl sites for hydroxylation is 1. The molecule has 0 aliphatic heterocycles. The molecule has 0 aromatic carbocycles. The summed E-state index contributed by atoms with van der Waals surface area (Å²) in [6.07, 6.45) is 3.89. The maximum Gasteiger partial charge on any atom is 0.329 e. The van der Waals surface area contributed by atoms with E-state index < -0.39 is 12.0 Å².